The van der Waals surface area contributed by atoms with Gasteiger partial charge in [-0.1, -0.05) is 13.0 Å². The number of nitrogens with two attached hydrogens (primary N) is 1. The maximum Gasteiger partial charge on any atom is 0.131 e. The molecule has 1 fully saturated rings. The SMILES string of the molecule is COc1cccc(F)c1C(N)CCN1CCC(C)C1. The molecule has 0 saturated carbocycles. The average Bonchev–Trinajstić information content (AvgIpc) is 2.81. The molecule has 0 aromatic heterocycles. The zero-order valence-electron chi connectivity index (χ0n) is 11.7. The Hall–Kier alpha value is -1.13. The van der Waals surface area contributed by atoms with Crippen LogP contribution in [-0.2, 0) is 0 Å². The first kappa shape index (κ1) is 14.3. The number of rotatable bonds is 5. The predicted molar refractivity (Wildman–Crippen MR) is 74.7 cm³/mol. The summed E-state index contributed by atoms with van der Waals surface area (Å²) in [4.78, 5) is 2.40. The summed E-state index contributed by atoms with van der Waals surface area (Å²) in [5, 5.41) is 0. The highest BCUT2D eigenvalue weighted by molar-refractivity contribution is 5.37. The molecule has 1 aromatic carbocycles. The second-order valence-electron chi connectivity index (χ2n) is 5.45. The molecule has 19 heavy (non-hydrogen) atoms. The van der Waals surface area contributed by atoms with E-state index < -0.39 is 0 Å². The largest absolute Gasteiger partial charge is 0.496 e. The summed E-state index contributed by atoms with van der Waals surface area (Å²) in [5.74, 6) is 1.03. The summed E-state index contributed by atoms with van der Waals surface area (Å²) in [7, 11) is 1.55. The Balaban J connectivity index is 1.98. The number of hydrogen-bond acceptors (Lipinski definition) is 3. The summed E-state index contributed by atoms with van der Waals surface area (Å²) in [6.07, 6.45) is 2.00. The number of benzene rings is 1. The highest BCUT2D eigenvalue weighted by atomic mass is 19.1. The van der Waals surface area contributed by atoms with Crippen LogP contribution in [0.15, 0.2) is 18.2 Å². The van der Waals surface area contributed by atoms with Crippen LogP contribution in [0.5, 0.6) is 5.75 Å². The van der Waals surface area contributed by atoms with Crippen molar-refractivity contribution in [2.24, 2.45) is 11.7 Å². The third-order valence-electron chi connectivity index (χ3n) is 3.87. The quantitative estimate of drug-likeness (QED) is 0.890. The second kappa shape index (κ2) is 6.35. The molecule has 106 valence electrons. The van der Waals surface area contributed by atoms with Gasteiger partial charge in [0, 0.05) is 18.2 Å². The lowest BCUT2D eigenvalue weighted by molar-refractivity contribution is 0.309. The van der Waals surface area contributed by atoms with Crippen molar-refractivity contribution in [3.05, 3.63) is 29.6 Å². The number of nitrogens with zero attached hydrogens (tertiary/aromatic N) is 1. The summed E-state index contributed by atoms with van der Waals surface area (Å²) < 4.78 is 19.1. The van der Waals surface area contributed by atoms with Gasteiger partial charge in [-0.25, -0.2) is 4.39 Å². The number of methoxy groups -OCH3 is 1. The van der Waals surface area contributed by atoms with E-state index in [0.717, 1.165) is 32.0 Å². The van der Waals surface area contributed by atoms with Crippen molar-refractivity contribution >= 4 is 0 Å². The lowest BCUT2D eigenvalue weighted by Crippen LogP contribution is -2.25. The third kappa shape index (κ3) is 3.45. The van der Waals surface area contributed by atoms with Gasteiger partial charge in [0.1, 0.15) is 11.6 Å². The molecule has 2 atom stereocenters. The minimum absolute atomic E-state index is 0.276. The van der Waals surface area contributed by atoms with Crippen molar-refractivity contribution in [2.45, 2.75) is 25.8 Å². The molecule has 1 saturated heterocycles. The van der Waals surface area contributed by atoms with Crippen molar-refractivity contribution in [2.75, 3.05) is 26.7 Å². The monoisotopic (exact) mass is 266 g/mol. The Bertz CT molecular complexity index is 425. The van der Waals surface area contributed by atoms with Gasteiger partial charge in [0.05, 0.1) is 7.11 Å². The van der Waals surface area contributed by atoms with Gasteiger partial charge in [-0.15, -0.1) is 0 Å². The van der Waals surface area contributed by atoms with E-state index in [1.807, 2.05) is 0 Å². The smallest absolute Gasteiger partial charge is 0.131 e. The van der Waals surface area contributed by atoms with E-state index in [9.17, 15) is 4.39 Å². The molecule has 0 aliphatic carbocycles. The molecule has 2 rings (SSSR count). The lowest BCUT2D eigenvalue weighted by atomic mass is 10.0. The van der Waals surface area contributed by atoms with Crippen LogP contribution >= 0.6 is 0 Å². The zero-order valence-corrected chi connectivity index (χ0v) is 11.7. The van der Waals surface area contributed by atoms with Crippen LogP contribution in [0.4, 0.5) is 4.39 Å². The molecule has 2 unspecified atom stereocenters. The highest BCUT2D eigenvalue weighted by Gasteiger charge is 2.21. The fourth-order valence-electron chi connectivity index (χ4n) is 2.75. The number of halogens is 1. The van der Waals surface area contributed by atoms with Gasteiger partial charge in [0.2, 0.25) is 0 Å². The summed E-state index contributed by atoms with van der Waals surface area (Å²) in [6.45, 7) is 5.44. The third-order valence-corrected chi connectivity index (χ3v) is 3.87. The van der Waals surface area contributed by atoms with Gasteiger partial charge in [-0.3, -0.25) is 0 Å². The van der Waals surface area contributed by atoms with Crippen molar-refractivity contribution < 1.29 is 9.13 Å². The Morgan fingerprint density at radius 2 is 2.32 bits per heavy atom. The van der Waals surface area contributed by atoms with E-state index in [-0.39, 0.29) is 11.9 Å². The van der Waals surface area contributed by atoms with Crippen molar-refractivity contribution in [3.63, 3.8) is 0 Å². The van der Waals surface area contributed by atoms with Crippen molar-refractivity contribution in [1.29, 1.82) is 0 Å². The fraction of sp³-hybridized carbons (Fsp3) is 0.600. The first-order valence-corrected chi connectivity index (χ1v) is 6.92. The van der Waals surface area contributed by atoms with Gasteiger partial charge in [-0.05, 0) is 44.0 Å². The Labute approximate surface area is 114 Å². The first-order valence-electron chi connectivity index (χ1n) is 6.92. The van der Waals surface area contributed by atoms with Gasteiger partial charge in [0.25, 0.3) is 0 Å². The number of likely N-dealkylation sites (tertiary alicyclic amines) is 1. The van der Waals surface area contributed by atoms with Crippen molar-refractivity contribution in [1.82, 2.24) is 4.90 Å². The molecule has 3 nitrogen and oxygen atoms in total. The molecule has 4 heteroatoms. The summed E-state index contributed by atoms with van der Waals surface area (Å²) in [6, 6.07) is 4.53. The molecule has 0 spiro atoms. The van der Waals surface area contributed by atoms with Crippen LogP contribution in [0.1, 0.15) is 31.4 Å². The molecular formula is C15H23FN2O. The maximum absolute atomic E-state index is 13.9. The molecule has 0 bridgehead atoms. The van der Waals surface area contributed by atoms with E-state index in [1.165, 1.54) is 12.5 Å². The normalized spacial score (nSPS) is 21.6. The maximum atomic E-state index is 13.9. The van der Waals surface area contributed by atoms with Crippen LogP contribution in [-0.4, -0.2) is 31.6 Å². The van der Waals surface area contributed by atoms with Gasteiger partial charge >= 0.3 is 0 Å². The summed E-state index contributed by atoms with van der Waals surface area (Å²) in [5.41, 5.74) is 6.64. The molecule has 0 radical (unpaired) electrons. The fourth-order valence-corrected chi connectivity index (χ4v) is 2.75. The molecule has 1 heterocycles. The van der Waals surface area contributed by atoms with Crippen LogP contribution < -0.4 is 10.5 Å². The minimum atomic E-state index is -0.313. The van der Waals surface area contributed by atoms with Crippen LogP contribution in [0.25, 0.3) is 0 Å². The Morgan fingerprint density at radius 3 is 2.95 bits per heavy atom. The Morgan fingerprint density at radius 1 is 1.53 bits per heavy atom. The molecule has 1 aliphatic rings. The molecular weight excluding hydrogens is 243 g/mol. The van der Waals surface area contributed by atoms with Crippen LogP contribution in [0.3, 0.4) is 0 Å². The minimum Gasteiger partial charge on any atom is -0.496 e. The van der Waals surface area contributed by atoms with E-state index in [4.69, 9.17) is 10.5 Å². The zero-order chi connectivity index (χ0) is 13.8. The van der Waals surface area contributed by atoms with E-state index >= 15 is 0 Å². The molecule has 1 aliphatic heterocycles. The van der Waals surface area contributed by atoms with Gasteiger partial charge in [0.15, 0.2) is 0 Å². The van der Waals surface area contributed by atoms with Crippen LogP contribution in [0.2, 0.25) is 0 Å². The first-order chi connectivity index (χ1) is 9.11. The molecule has 1 aromatic rings. The Kier molecular flexibility index (Phi) is 4.77. The van der Waals surface area contributed by atoms with E-state index in [0.29, 0.717) is 11.3 Å². The van der Waals surface area contributed by atoms with E-state index in [1.54, 1.807) is 19.2 Å². The average molecular weight is 266 g/mol. The number of hydrogen-bond donors (Lipinski definition) is 1. The molecule has 2 N–H and O–H groups in total. The summed E-state index contributed by atoms with van der Waals surface area (Å²) >= 11 is 0. The number of ether oxygens (including phenoxy) is 1. The van der Waals surface area contributed by atoms with E-state index in [2.05, 4.69) is 11.8 Å². The van der Waals surface area contributed by atoms with Crippen molar-refractivity contribution in [3.8, 4) is 5.75 Å². The van der Waals surface area contributed by atoms with Gasteiger partial charge in [-0.2, -0.15) is 0 Å². The highest BCUT2D eigenvalue weighted by Crippen LogP contribution is 2.28. The predicted octanol–water partition coefficient (Wildman–Crippen LogP) is 2.57. The van der Waals surface area contributed by atoms with Gasteiger partial charge < -0.3 is 15.4 Å². The topological polar surface area (TPSA) is 38.5 Å². The second-order valence-corrected chi connectivity index (χ2v) is 5.45. The molecule has 0 amide bonds. The lowest BCUT2D eigenvalue weighted by Gasteiger charge is -2.20. The van der Waals surface area contributed by atoms with Crippen LogP contribution in [0, 0.1) is 11.7 Å². The standard InChI is InChI=1S/C15H23FN2O/c1-11-6-8-18(10-11)9-7-13(17)15-12(16)4-3-5-14(15)19-2/h3-5,11,13H,6-10,17H2,1-2H3.